The predicted molar refractivity (Wildman–Crippen MR) is 107 cm³/mol. The third-order valence-corrected chi connectivity index (χ3v) is 4.58. The van der Waals surface area contributed by atoms with E-state index in [1.165, 1.54) is 18.2 Å². The van der Waals surface area contributed by atoms with Crippen LogP contribution in [0.3, 0.4) is 0 Å². The van der Waals surface area contributed by atoms with Gasteiger partial charge < -0.3 is 9.47 Å². The van der Waals surface area contributed by atoms with Crippen LogP contribution in [0.4, 0.5) is 9.18 Å². The summed E-state index contributed by atoms with van der Waals surface area (Å²) in [7, 11) is 0. The van der Waals surface area contributed by atoms with E-state index >= 15 is 0 Å². The van der Waals surface area contributed by atoms with Gasteiger partial charge in [0.25, 0.3) is 5.91 Å². The quantitative estimate of drug-likeness (QED) is 0.696. The first-order valence-corrected chi connectivity index (χ1v) is 9.72. The number of ether oxygens (including phenoxy) is 2. The molecule has 0 fully saturated rings. The molecule has 0 spiro atoms. The summed E-state index contributed by atoms with van der Waals surface area (Å²) in [4.78, 5) is 26.4. The van der Waals surface area contributed by atoms with E-state index in [2.05, 4.69) is 6.08 Å². The van der Waals surface area contributed by atoms with Crippen LogP contribution in [-0.4, -0.2) is 28.5 Å². The summed E-state index contributed by atoms with van der Waals surface area (Å²) < 4.78 is 24.7. The normalized spacial score (nSPS) is 19.1. The lowest BCUT2D eigenvalue weighted by Gasteiger charge is -2.29. The lowest BCUT2D eigenvalue weighted by Crippen LogP contribution is -2.44. The number of amides is 2. The molecule has 2 aliphatic rings. The highest BCUT2D eigenvalue weighted by Gasteiger charge is 2.41. The van der Waals surface area contributed by atoms with Gasteiger partial charge in [-0.3, -0.25) is 4.79 Å². The van der Waals surface area contributed by atoms with Gasteiger partial charge in [0, 0.05) is 6.08 Å². The van der Waals surface area contributed by atoms with E-state index in [0.717, 1.165) is 23.3 Å². The maximum Gasteiger partial charge on any atom is 0.418 e. The Morgan fingerprint density at radius 2 is 2.10 bits per heavy atom. The highest BCUT2D eigenvalue weighted by Crippen LogP contribution is 2.31. The minimum absolute atomic E-state index is 0.106. The van der Waals surface area contributed by atoms with Gasteiger partial charge in [0.2, 0.25) is 0 Å². The molecule has 1 atom stereocenters. The average molecular weight is 399 g/mol. The summed E-state index contributed by atoms with van der Waals surface area (Å²) in [5.41, 5.74) is 1.05. The number of allylic oxidation sites excluding steroid dienone is 3. The Bertz CT molecular complexity index is 879. The number of hydrogen-bond acceptors (Lipinski definition) is 4. The molecule has 0 saturated heterocycles. The number of benzene rings is 1. The fraction of sp³-hybridized carbons (Fsp3) is 0.391. The molecule has 0 aromatic heterocycles. The molecule has 6 heteroatoms. The summed E-state index contributed by atoms with van der Waals surface area (Å²) >= 11 is 0. The fourth-order valence-corrected chi connectivity index (χ4v) is 3.29. The number of rotatable bonds is 5. The number of carbonyl (C=O) groups is 2. The van der Waals surface area contributed by atoms with E-state index in [1.54, 1.807) is 32.9 Å². The molecule has 29 heavy (non-hydrogen) atoms. The van der Waals surface area contributed by atoms with Gasteiger partial charge in [-0.2, -0.15) is 0 Å². The van der Waals surface area contributed by atoms with Crippen LogP contribution in [0.2, 0.25) is 0 Å². The van der Waals surface area contributed by atoms with Crippen LogP contribution in [0, 0.1) is 5.82 Å². The van der Waals surface area contributed by atoms with E-state index in [9.17, 15) is 14.0 Å². The van der Waals surface area contributed by atoms with Crippen molar-refractivity contribution in [2.24, 2.45) is 0 Å². The predicted octanol–water partition coefficient (Wildman–Crippen LogP) is 5.04. The number of hydrogen-bond donors (Lipinski definition) is 0. The smallest absolute Gasteiger partial charge is 0.418 e. The second-order valence-corrected chi connectivity index (χ2v) is 8.17. The first kappa shape index (κ1) is 20.8. The highest BCUT2D eigenvalue weighted by molar-refractivity contribution is 6.02. The lowest BCUT2D eigenvalue weighted by atomic mass is 9.97. The zero-order chi connectivity index (χ0) is 21.0. The molecular formula is C23H26FNO4. The molecule has 0 bridgehead atoms. The zero-order valence-corrected chi connectivity index (χ0v) is 17.0. The van der Waals surface area contributed by atoms with Crippen LogP contribution < -0.4 is 0 Å². The van der Waals surface area contributed by atoms with Gasteiger partial charge in [0.1, 0.15) is 29.8 Å². The van der Waals surface area contributed by atoms with Crippen LogP contribution in [0.1, 0.15) is 45.6 Å². The average Bonchev–Trinajstić information content (AvgIpc) is 2.95. The molecule has 5 nitrogen and oxygen atoms in total. The SMILES string of the molecule is CC(C)(C)OC(=O)N1C(=O)C=C(OCc2cccc(F)c2)C1CC1=CC=CCC1. The standard InChI is InChI=1S/C23H26FNO4/c1-23(2,3)29-22(27)25-19(13-16-8-5-4-6-9-16)20(14-21(25)26)28-15-17-10-7-11-18(24)12-17/h4-5,7-8,10-12,14,19H,6,9,13,15H2,1-3H3. The molecule has 154 valence electrons. The minimum atomic E-state index is -0.722. The number of carbonyl (C=O) groups excluding carboxylic acids is 2. The Labute approximate surface area is 170 Å². The monoisotopic (exact) mass is 399 g/mol. The van der Waals surface area contributed by atoms with Crippen LogP contribution in [0.25, 0.3) is 0 Å². The highest BCUT2D eigenvalue weighted by atomic mass is 19.1. The first-order valence-electron chi connectivity index (χ1n) is 9.72. The largest absolute Gasteiger partial charge is 0.491 e. The van der Waals surface area contributed by atoms with Gasteiger partial charge in [-0.1, -0.05) is 35.9 Å². The summed E-state index contributed by atoms with van der Waals surface area (Å²) in [6.45, 7) is 5.37. The molecule has 3 rings (SSSR count). The third kappa shape index (κ3) is 5.56. The van der Waals surface area contributed by atoms with Crippen molar-refractivity contribution in [1.29, 1.82) is 0 Å². The topological polar surface area (TPSA) is 55.8 Å². The molecule has 1 aromatic carbocycles. The van der Waals surface area contributed by atoms with E-state index in [4.69, 9.17) is 9.47 Å². The van der Waals surface area contributed by atoms with Crippen LogP contribution in [-0.2, 0) is 20.9 Å². The lowest BCUT2D eigenvalue weighted by molar-refractivity contribution is -0.125. The van der Waals surface area contributed by atoms with E-state index < -0.39 is 23.6 Å². The van der Waals surface area contributed by atoms with Crippen molar-refractivity contribution in [3.63, 3.8) is 0 Å². The Morgan fingerprint density at radius 3 is 2.76 bits per heavy atom. The van der Waals surface area contributed by atoms with Gasteiger partial charge in [-0.15, -0.1) is 0 Å². The van der Waals surface area contributed by atoms with Crippen molar-refractivity contribution in [2.45, 2.75) is 58.3 Å². The van der Waals surface area contributed by atoms with Gasteiger partial charge >= 0.3 is 6.09 Å². The van der Waals surface area contributed by atoms with E-state index in [1.807, 2.05) is 12.2 Å². The van der Waals surface area contributed by atoms with Gasteiger partial charge in [0.15, 0.2) is 0 Å². The molecule has 0 N–H and O–H groups in total. The molecular weight excluding hydrogens is 373 g/mol. The summed E-state index contributed by atoms with van der Waals surface area (Å²) in [6.07, 6.45) is 8.94. The molecule has 0 radical (unpaired) electrons. The summed E-state index contributed by atoms with van der Waals surface area (Å²) in [5, 5.41) is 0. The van der Waals surface area contributed by atoms with Crippen molar-refractivity contribution in [1.82, 2.24) is 4.90 Å². The molecule has 1 unspecified atom stereocenters. The van der Waals surface area contributed by atoms with Crippen LogP contribution >= 0.6 is 0 Å². The minimum Gasteiger partial charge on any atom is -0.491 e. The van der Waals surface area contributed by atoms with Gasteiger partial charge in [-0.05, 0) is 57.7 Å². The zero-order valence-electron chi connectivity index (χ0n) is 17.0. The van der Waals surface area contributed by atoms with Crippen molar-refractivity contribution in [3.05, 3.63) is 71.3 Å². The van der Waals surface area contributed by atoms with Gasteiger partial charge in [-0.25, -0.2) is 14.1 Å². The Hall–Kier alpha value is -2.89. The van der Waals surface area contributed by atoms with Crippen molar-refractivity contribution in [2.75, 3.05) is 0 Å². The van der Waals surface area contributed by atoms with Crippen molar-refractivity contribution < 1.29 is 23.5 Å². The molecule has 1 aromatic rings. The molecule has 0 saturated carbocycles. The van der Waals surface area contributed by atoms with Crippen molar-refractivity contribution >= 4 is 12.0 Å². The fourth-order valence-electron chi connectivity index (χ4n) is 3.29. The maximum absolute atomic E-state index is 13.4. The number of imide groups is 1. The summed E-state index contributed by atoms with van der Waals surface area (Å²) in [6, 6.07) is 5.51. The third-order valence-electron chi connectivity index (χ3n) is 4.58. The van der Waals surface area contributed by atoms with Crippen molar-refractivity contribution in [3.8, 4) is 0 Å². The number of halogens is 1. The van der Waals surface area contributed by atoms with E-state index in [-0.39, 0.29) is 12.4 Å². The molecule has 1 aliphatic heterocycles. The maximum atomic E-state index is 13.4. The Balaban J connectivity index is 1.79. The van der Waals surface area contributed by atoms with Gasteiger partial charge in [0.05, 0.1) is 0 Å². The van der Waals surface area contributed by atoms with Crippen LogP contribution in [0.5, 0.6) is 0 Å². The van der Waals surface area contributed by atoms with Crippen LogP contribution in [0.15, 0.2) is 59.9 Å². The Kier molecular flexibility index (Phi) is 6.20. The molecule has 2 amide bonds. The molecule has 1 aliphatic carbocycles. The second-order valence-electron chi connectivity index (χ2n) is 8.17. The number of nitrogens with zero attached hydrogens (tertiary/aromatic N) is 1. The molecule has 1 heterocycles. The second kappa shape index (κ2) is 8.64. The van der Waals surface area contributed by atoms with E-state index in [0.29, 0.717) is 17.7 Å². The summed E-state index contributed by atoms with van der Waals surface area (Å²) in [5.74, 6) is -0.431. The Morgan fingerprint density at radius 1 is 1.31 bits per heavy atom. The first-order chi connectivity index (χ1) is 13.7.